The van der Waals surface area contributed by atoms with Crippen LogP contribution in [0.25, 0.3) is 32.8 Å². The van der Waals surface area contributed by atoms with Crippen LogP contribution >= 0.6 is 0 Å². The smallest absolute Gasteiger partial charge is 0.219 e. The van der Waals surface area contributed by atoms with Crippen molar-refractivity contribution >= 4 is 21.5 Å². The standard InChI is InChI=1S/C41H49N2/c1-10-25(11-2)29-18-30(26(12-3)13-4)21-41(20-29)33-17-15-27-22-42-23-34-35(27)36(33)38-37(40(34,8)9)32-19-31(39(5,6)7)16-14-28(32)24-43(38)41/h14-20,22-26H,10-13,21H2,1-9H3/q+1. The Morgan fingerprint density at radius 2 is 1.56 bits per heavy atom. The molecule has 7 rings (SSSR count). The molecule has 0 saturated heterocycles. The summed E-state index contributed by atoms with van der Waals surface area (Å²) in [6, 6.07) is 12.1. The molecule has 0 fully saturated rings. The molecule has 222 valence electrons. The maximum Gasteiger partial charge on any atom is 0.219 e. The number of hydrogen-bond donors (Lipinski definition) is 0. The molecule has 4 aromatic rings. The minimum Gasteiger partial charge on any atom is -0.264 e. The van der Waals surface area contributed by atoms with Crippen LogP contribution in [0.3, 0.4) is 0 Å². The largest absolute Gasteiger partial charge is 0.264 e. The third-order valence-electron chi connectivity index (χ3n) is 11.5. The van der Waals surface area contributed by atoms with Crippen molar-refractivity contribution in [1.29, 1.82) is 0 Å². The van der Waals surface area contributed by atoms with Gasteiger partial charge in [0.1, 0.15) is 0 Å². The van der Waals surface area contributed by atoms with Crippen LogP contribution in [0, 0.1) is 11.8 Å². The SMILES string of the molecule is CCC(CC)C1=CC2(CC(C(CC)CC)=C1)c1ccc3cncc4c3c1-c1c(c3cc(C(C)(C)C)ccc3c[n+]12)C4(C)C. The summed E-state index contributed by atoms with van der Waals surface area (Å²) in [6.07, 6.45) is 17.9. The van der Waals surface area contributed by atoms with Crippen molar-refractivity contribution in [2.75, 3.05) is 0 Å². The van der Waals surface area contributed by atoms with Crippen LogP contribution in [0.5, 0.6) is 0 Å². The van der Waals surface area contributed by atoms with E-state index in [9.17, 15) is 0 Å². The van der Waals surface area contributed by atoms with E-state index in [-0.39, 0.29) is 16.4 Å². The Morgan fingerprint density at radius 3 is 2.23 bits per heavy atom. The first-order chi connectivity index (χ1) is 20.5. The van der Waals surface area contributed by atoms with Crippen LogP contribution in [0.1, 0.15) is 117 Å². The summed E-state index contributed by atoms with van der Waals surface area (Å²) in [5.41, 5.74) is 11.5. The summed E-state index contributed by atoms with van der Waals surface area (Å²) in [6.45, 7) is 21.4. The van der Waals surface area contributed by atoms with Crippen molar-refractivity contribution in [1.82, 2.24) is 4.98 Å². The van der Waals surface area contributed by atoms with Crippen LogP contribution in [0.4, 0.5) is 0 Å². The Bertz CT molecular complexity index is 1850. The minimum atomic E-state index is -0.226. The molecule has 2 heteroatoms. The average Bonchev–Trinajstić information content (AvgIpc) is 3.23. The maximum absolute atomic E-state index is 4.80. The molecule has 0 N–H and O–H groups in total. The normalized spacial score (nSPS) is 20.1. The van der Waals surface area contributed by atoms with Gasteiger partial charge in [0, 0.05) is 51.5 Å². The first-order valence-corrected chi connectivity index (χ1v) is 16.9. The maximum atomic E-state index is 4.80. The predicted octanol–water partition coefficient (Wildman–Crippen LogP) is 10.5. The van der Waals surface area contributed by atoms with E-state index in [1.54, 1.807) is 11.1 Å². The highest BCUT2D eigenvalue weighted by molar-refractivity contribution is 6.07. The van der Waals surface area contributed by atoms with Gasteiger partial charge in [0.05, 0.1) is 5.56 Å². The van der Waals surface area contributed by atoms with Crippen molar-refractivity contribution in [3.8, 4) is 11.3 Å². The second-order valence-electron chi connectivity index (χ2n) is 15.2. The number of hydrogen-bond acceptors (Lipinski definition) is 1. The average molecular weight is 570 g/mol. The van der Waals surface area contributed by atoms with Gasteiger partial charge in [-0.25, -0.2) is 0 Å². The van der Waals surface area contributed by atoms with Crippen LogP contribution in [-0.4, -0.2) is 4.98 Å². The lowest BCUT2D eigenvalue weighted by atomic mass is 9.68. The van der Waals surface area contributed by atoms with Crippen molar-refractivity contribution < 1.29 is 4.57 Å². The summed E-state index contributed by atoms with van der Waals surface area (Å²) in [4.78, 5) is 4.80. The Labute approximate surface area is 258 Å². The lowest BCUT2D eigenvalue weighted by Gasteiger charge is -2.34. The van der Waals surface area contributed by atoms with E-state index < -0.39 is 0 Å². The molecule has 0 radical (unpaired) electrons. The molecule has 1 atom stereocenters. The van der Waals surface area contributed by atoms with Crippen molar-refractivity contribution in [3.05, 3.63) is 94.5 Å². The second-order valence-corrected chi connectivity index (χ2v) is 15.2. The predicted molar refractivity (Wildman–Crippen MR) is 182 cm³/mol. The zero-order valence-electron chi connectivity index (χ0n) is 27.9. The van der Waals surface area contributed by atoms with Crippen molar-refractivity contribution in [3.63, 3.8) is 0 Å². The summed E-state index contributed by atoms with van der Waals surface area (Å²) in [5, 5.41) is 5.41. The van der Waals surface area contributed by atoms with Gasteiger partial charge in [-0.05, 0) is 83.2 Å². The van der Waals surface area contributed by atoms with E-state index in [0.29, 0.717) is 11.8 Å². The zero-order chi connectivity index (χ0) is 30.5. The van der Waals surface area contributed by atoms with Gasteiger partial charge in [-0.15, -0.1) is 0 Å². The first-order valence-electron chi connectivity index (χ1n) is 16.9. The van der Waals surface area contributed by atoms with Gasteiger partial charge in [0.15, 0.2) is 6.20 Å². The third-order valence-corrected chi connectivity index (χ3v) is 11.5. The van der Waals surface area contributed by atoms with E-state index in [2.05, 4.69) is 128 Å². The van der Waals surface area contributed by atoms with Gasteiger partial charge in [0.25, 0.3) is 0 Å². The van der Waals surface area contributed by atoms with Gasteiger partial charge < -0.3 is 0 Å². The summed E-state index contributed by atoms with van der Waals surface area (Å²) in [5.74, 6) is 1.18. The summed E-state index contributed by atoms with van der Waals surface area (Å²) in [7, 11) is 0. The molecular weight excluding hydrogens is 520 g/mol. The molecule has 2 aromatic heterocycles. The Balaban J connectivity index is 1.66. The molecule has 2 aliphatic carbocycles. The van der Waals surface area contributed by atoms with Gasteiger partial charge in [0.2, 0.25) is 11.2 Å². The fourth-order valence-corrected chi connectivity index (χ4v) is 8.96. The van der Waals surface area contributed by atoms with Crippen LogP contribution in [0.15, 0.2) is 72.2 Å². The fraction of sp³-hybridized carbons (Fsp3) is 0.463. The van der Waals surface area contributed by atoms with Crippen LogP contribution < -0.4 is 4.57 Å². The Hall–Kier alpha value is -3.26. The van der Waals surface area contributed by atoms with E-state index in [1.807, 2.05) is 0 Å². The number of pyridine rings is 2. The molecule has 3 heterocycles. The molecule has 0 saturated carbocycles. The van der Waals surface area contributed by atoms with Crippen LogP contribution in [-0.2, 0) is 16.4 Å². The third kappa shape index (κ3) is 3.84. The highest BCUT2D eigenvalue weighted by Gasteiger charge is 2.57. The highest BCUT2D eigenvalue weighted by atomic mass is 15.1. The van der Waals surface area contributed by atoms with Crippen molar-refractivity contribution in [2.24, 2.45) is 11.8 Å². The quantitative estimate of drug-likeness (QED) is 0.211. The van der Waals surface area contributed by atoms with Crippen LogP contribution in [0.2, 0.25) is 0 Å². The molecular formula is C41H49N2+. The number of benzene rings is 2. The summed E-state index contributed by atoms with van der Waals surface area (Å²) >= 11 is 0. The minimum absolute atomic E-state index is 0.0864. The van der Waals surface area contributed by atoms with E-state index >= 15 is 0 Å². The van der Waals surface area contributed by atoms with E-state index in [4.69, 9.17) is 4.98 Å². The number of nitrogens with zero attached hydrogens (tertiary/aromatic N) is 2. The number of fused-ring (bicyclic) bond motifs is 4. The second kappa shape index (κ2) is 9.62. The Kier molecular flexibility index (Phi) is 6.38. The number of rotatable bonds is 6. The first kappa shape index (κ1) is 28.5. The topological polar surface area (TPSA) is 16.8 Å². The summed E-state index contributed by atoms with van der Waals surface area (Å²) < 4.78 is 2.74. The Morgan fingerprint density at radius 1 is 0.860 bits per heavy atom. The molecule has 1 spiro atoms. The molecule has 0 amide bonds. The molecule has 2 nitrogen and oxygen atoms in total. The van der Waals surface area contributed by atoms with Gasteiger partial charge in [-0.3, -0.25) is 4.98 Å². The molecule has 1 unspecified atom stereocenters. The van der Waals surface area contributed by atoms with Crippen molar-refractivity contribution in [2.45, 2.75) is 111 Å². The van der Waals surface area contributed by atoms with E-state index in [1.165, 1.54) is 80.7 Å². The molecule has 0 bridgehead atoms. The molecule has 1 aliphatic heterocycles. The van der Waals surface area contributed by atoms with Gasteiger partial charge in [-0.1, -0.05) is 92.2 Å². The molecule has 2 aromatic carbocycles. The monoisotopic (exact) mass is 569 g/mol. The molecule has 43 heavy (non-hydrogen) atoms. The van der Waals surface area contributed by atoms with Gasteiger partial charge in [-0.2, -0.15) is 4.57 Å². The highest BCUT2D eigenvalue weighted by Crippen LogP contribution is 2.57. The number of allylic oxidation sites excluding steroid dienone is 4. The lowest BCUT2D eigenvalue weighted by Crippen LogP contribution is -2.55. The van der Waals surface area contributed by atoms with Gasteiger partial charge >= 0.3 is 0 Å². The zero-order valence-corrected chi connectivity index (χ0v) is 27.9. The lowest BCUT2D eigenvalue weighted by molar-refractivity contribution is -0.726. The molecule has 3 aliphatic rings. The van der Waals surface area contributed by atoms with E-state index in [0.717, 1.165) is 6.42 Å². The number of aromatic nitrogens is 2. The fourth-order valence-electron chi connectivity index (χ4n) is 8.96.